The van der Waals surface area contributed by atoms with E-state index < -0.39 is 0 Å². The van der Waals surface area contributed by atoms with Gasteiger partial charge in [0.2, 0.25) is 0 Å². The van der Waals surface area contributed by atoms with Crippen LogP contribution in [0.1, 0.15) is 49.8 Å². The number of hydrogen-bond donors (Lipinski definition) is 1. The summed E-state index contributed by atoms with van der Waals surface area (Å²) in [4.78, 5) is 14.4. The van der Waals surface area contributed by atoms with Crippen molar-refractivity contribution in [3.63, 3.8) is 0 Å². The molecule has 0 radical (unpaired) electrons. The number of unbranched alkanes of at least 4 members (excludes halogenated alkanes) is 1. The van der Waals surface area contributed by atoms with Gasteiger partial charge in [-0.25, -0.2) is 0 Å². The van der Waals surface area contributed by atoms with Gasteiger partial charge in [0.25, 0.3) is 5.91 Å². The molecule has 5 nitrogen and oxygen atoms in total. The van der Waals surface area contributed by atoms with Gasteiger partial charge in [-0.05, 0) is 25.8 Å². The maximum atomic E-state index is 12.6. The average molecular weight is 266 g/mol. The molecule has 1 rings (SSSR count). The summed E-state index contributed by atoms with van der Waals surface area (Å²) in [6, 6.07) is 1.90. The van der Waals surface area contributed by atoms with Gasteiger partial charge in [-0.15, -0.1) is 0 Å². The maximum absolute atomic E-state index is 12.6. The summed E-state index contributed by atoms with van der Waals surface area (Å²) < 4.78 is 1.79. The van der Waals surface area contributed by atoms with Crippen LogP contribution in [0.3, 0.4) is 0 Å². The van der Waals surface area contributed by atoms with E-state index in [9.17, 15) is 4.79 Å². The quantitative estimate of drug-likeness (QED) is 0.778. The number of aromatic nitrogens is 2. The Bertz CT molecular complexity index is 400. The Labute approximate surface area is 115 Å². The first-order valence-electron chi connectivity index (χ1n) is 7.23. The lowest BCUT2D eigenvalue weighted by Gasteiger charge is -2.21. The number of rotatable bonds is 8. The minimum atomic E-state index is 0.0490. The molecule has 2 N–H and O–H groups in total. The van der Waals surface area contributed by atoms with Crippen LogP contribution in [0.2, 0.25) is 0 Å². The van der Waals surface area contributed by atoms with Crippen molar-refractivity contribution < 1.29 is 4.79 Å². The van der Waals surface area contributed by atoms with E-state index >= 15 is 0 Å². The SMILES string of the molecule is CCCCN(CCN)C(=O)c1cc(CC)nn1CC. The molecule has 0 aliphatic heterocycles. The fraction of sp³-hybridized carbons (Fsp3) is 0.714. The molecular formula is C14H26N4O. The first kappa shape index (κ1) is 15.7. The molecule has 108 valence electrons. The van der Waals surface area contributed by atoms with Crippen LogP contribution >= 0.6 is 0 Å². The third-order valence-corrected chi connectivity index (χ3v) is 3.18. The van der Waals surface area contributed by atoms with Crippen molar-refractivity contribution in [1.82, 2.24) is 14.7 Å². The molecule has 0 saturated carbocycles. The zero-order valence-electron chi connectivity index (χ0n) is 12.4. The van der Waals surface area contributed by atoms with E-state index in [1.807, 2.05) is 24.8 Å². The van der Waals surface area contributed by atoms with E-state index in [0.29, 0.717) is 25.3 Å². The highest BCUT2D eigenvalue weighted by molar-refractivity contribution is 5.92. The minimum Gasteiger partial charge on any atom is -0.336 e. The Kier molecular flexibility index (Phi) is 6.56. The van der Waals surface area contributed by atoms with E-state index in [1.54, 1.807) is 4.68 Å². The monoisotopic (exact) mass is 266 g/mol. The molecule has 0 aliphatic carbocycles. The van der Waals surface area contributed by atoms with Gasteiger partial charge in [0.1, 0.15) is 5.69 Å². The normalized spacial score (nSPS) is 10.7. The number of amides is 1. The van der Waals surface area contributed by atoms with Gasteiger partial charge in [-0.1, -0.05) is 20.3 Å². The van der Waals surface area contributed by atoms with Crippen LogP contribution in [-0.2, 0) is 13.0 Å². The highest BCUT2D eigenvalue weighted by Crippen LogP contribution is 2.10. The van der Waals surface area contributed by atoms with Gasteiger partial charge >= 0.3 is 0 Å². The summed E-state index contributed by atoms with van der Waals surface area (Å²) in [5, 5.41) is 4.43. The Balaban J connectivity index is 2.90. The third-order valence-electron chi connectivity index (χ3n) is 3.18. The number of carbonyl (C=O) groups excluding carboxylic acids is 1. The van der Waals surface area contributed by atoms with Gasteiger partial charge in [0.05, 0.1) is 5.69 Å². The van der Waals surface area contributed by atoms with Gasteiger partial charge in [0, 0.05) is 26.2 Å². The molecule has 1 amide bonds. The van der Waals surface area contributed by atoms with Gasteiger partial charge in [0.15, 0.2) is 0 Å². The lowest BCUT2D eigenvalue weighted by Crippen LogP contribution is -2.37. The average Bonchev–Trinajstić information content (AvgIpc) is 2.86. The van der Waals surface area contributed by atoms with Crippen LogP contribution in [0.5, 0.6) is 0 Å². The number of aryl methyl sites for hydroxylation is 2. The topological polar surface area (TPSA) is 64.2 Å². The summed E-state index contributed by atoms with van der Waals surface area (Å²) in [5.74, 6) is 0.0490. The van der Waals surface area contributed by atoms with Crippen molar-refractivity contribution in [2.45, 2.75) is 46.6 Å². The molecular weight excluding hydrogens is 240 g/mol. The van der Waals surface area contributed by atoms with Crippen LogP contribution in [0.4, 0.5) is 0 Å². The van der Waals surface area contributed by atoms with Crippen molar-refractivity contribution in [3.05, 3.63) is 17.5 Å². The molecule has 0 spiro atoms. The van der Waals surface area contributed by atoms with E-state index in [-0.39, 0.29) is 5.91 Å². The van der Waals surface area contributed by atoms with E-state index in [2.05, 4.69) is 12.0 Å². The van der Waals surface area contributed by atoms with Crippen LogP contribution in [-0.4, -0.2) is 40.2 Å². The summed E-state index contributed by atoms with van der Waals surface area (Å²) >= 11 is 0. The highest BCUT2D eigenvalue weighted by Gasteiger charge is 2.19. The predicted octanol–water partition coefficient (Wildman–Crippen LogP) is 1.67. The molecule has 0 aromatic carbocycles. The molecule has 1 heterocycles. The van der Waals surface area contributed by atoms with E-state index in [1.165, 1.54) is 0 Å². The zero-order valence-corrected chi connectivity index (χ0v) is 12.4. The summed E-state index contributed by atoms with van der Waals surface area (Å²) in [6.07, 6.45) is 2.92. The smallest absolute Gasteiger partial charge is 0.272 e. The molecule has 0 atom stereocenters. The fourth-order valence-corrected chi connectivity index (χ4v) is 2.04. The molecule has 1 aromatic rings. The second kappa shape index (κ2) is 7.94. The minimum absolute atomic E-state index is 0.0490. The van der Waals surface area contributed by atoms with Gasteiger partial charge < -0.3 is 10.6 Å². The first-order chi connectivity index (χ1) is 9.17. The number of nitrogens with two attached hydrogens (primary N) is 1. The van der Waals surface area contributed by atoms with Crippen molar-refractivity contribution in [2.24, 2.45) is 5.73 Å². The Morgan fingerprint density at radius 1 is 1.37 bits per heavy atom. The molecule has 0 fully saturated rings. The van der Waals surface area contributed by atoms with Crippen LogP contribution in [0, 0.1) is 0 Å². The highest BCUT2D eigenvalue weighted by atomic mass is 16.2. The lowest BCUT2D eigenvalue weighted by atomic mass is 10.2. The Morgan fingerprint density at radius 3 is 2.63 bits per heavy atom. The molecule has 0 bridgehead atoms. The molecule has 19 heavy (non-hydrogen) atoms. The Hall–Kier alpha value is -1.36. The molecule has 5 heteroatoms. The third kappa shape index (κ3) is 4.06. The largest absolute Gasteiger partial charge is 0.336 e. The van der Waals surface area contributed by atoms with E-state index in [0.717, 1.165) is 31.5 Å². The molecule has 0 aliphatic rings. The number of nitrogens with zero attached hydrogens (tertiary/aromatic N) is 3. The molecule has 0 saturated heterocycles. The van der Waals surface area contributed by atoms with Crippen LogP contribution < -0.4 is 5.73 Å². The van der Waals surface area contributed by atoms with E-state index in [4.69, 9.17) is 5.73 Å². The predicted molar refractivity (Wildman–Crippen MR) is 77.1 cm³/mol. The summed E-state index contributed by atoms with van der Waals surface area (Å²) in [5.41, 5.74) is 7.25. The van der Waals surface area contributed by atoms with Crippen LogP contribution in [0.25, 0.3) is 0 Å². The molecule has 1 aromatic heterocycles. The second-order valence-corrected chi connectivity index (χ2v) is 4.62. The summed E-state index contributed by atoms with van der Waals surface area (Å²) in [7, 11) is 0. The van der Waals surface area contributed by atoms with Crippen molar-refractivity contribution in [1.29, 1.82) is 0 Å². The maximum Gasteiger partial charge on any atom is 0.272 e. The lowest BCUT2D eigenvalue weighted by molar-refractivity contribution is 0.0745. The summed E-state index contributed by atoms with van der Waals surface area (Å²) in [6.45, 7) is 8.75. The second-order valence-electron chi connectivity index (χ2n) is 4.62. The van der Waals surface area contributed by atoms with Gasteiger partial charge in [-0.2, -0.15) is 5.10 Å². The fourth-order valence-electron chi connectivity index (χ4n) is 2.04. The van der Waals surface area contributed by atoms with Gasteiger partial charge in [-0.3, -0.25) is 9.48 Å². The Morgan fingerprint density at radius 2 is 2.11 bits per heavy atom. The van der Waals surface area contributed by atoms with Crippen molar-refractivity contribution in [3.8, 4) is 0 Å². The standard InChI is InChI=1S/C14H26N4O/c1-4-7-9-17(10-8-15)14(19)13-11-12(5-2)16-18(13)6-3/h11H,4-10,15H2,1-3H3. The van der Waals surface area contributed by atoms with Crippen molar-refractivity contribution >= 4 is 5.91 Å². The zero-order chi connectivity index (χ0) is 14.3. The van der Waals surface area contributed by atoms with Crippen LogP contribution in [0.15, 0.2) is 6.07 Å². The first-order valence-corrected chi connectivity index (χ1v) is 7.23. The number of carbonyl (C=O) groups is 1. The van der Waals surface area contributed by atoms with Crippen molar-refractivity contribution in [2.75, 3.05) is 19.6 Å². The molecule has 0 unspecified atom stereocenters. The number of hydrogen-bond acceptors (Lipinski definition) is 3.